The Hall–Kier alpha value is -2.75. The van der Waals surface area contributed by atoms with E-state index in [1.807, 2.05) is 36.4 Å². The van der Waals surface area contributed by atoms with Gasteiger partial charge in [-0.15, -0.1) is 0 Å². The van der Waals surface area contributed by atoms with E-state index in [4.69, 9.17) is 0 Å². The first-order valence-electron chi connectivity index (χ1n) is 9.89. The maximum absolute atomic E-state index is 12.9. The SMILES string of the molecule is CC1(C)CC(=O)C/C(=N/NC(=O)[C@H]2CC2(c2ccccc2)c2ccccc2)C1. The number of Topliss-reactive ketones (excluding diaryl/α,β-unsaturated/α-hetero) is 1. The standard InChI is InChI=1S/C24H26N2O2/c1-23(2)14-19(13-20(27)15-23)25-26-22(28)21-16-24(21,17-9-5-3-6-10-17)18-11-7-4-8-12-18/h3-12,21H,13-16H2,1-2H3,(H,26,28)/b25-19-/t21-/m1/s1. The number of nitrogens with zero attached hydrogens (tertiary/aromatic N) is 1. The lowest BCUT2D eigenvalue weighted by Crippen LogP contribution is -2.32. The van der Waals surface area contributed by atoms with Gasteiger partial charge in [0.1, 0.15) is 5.78 Å². The number of hydrazone groups is 1. The lowest BCUT2D eigenvalue weighted by Gasteiger charge is -2.29. The van der Waals surface area contributed by atoms with Crippen LogP contribution in [0.25, 0.3) is 0 Å². The molecule has 0 spiro atoms. The second-order valence-electron chi connectivity index (χ2n) is 8.85. The molecule has 2 aliphatic rings. The van der Waals surface area contributed by atoms with Gasteiger partial charge in [-0.05, 0) is 29.4 Å². The van der Waals surface area contributed by atoms with E-state index in [1.165, 1.54) is 0 Å². The van der Waals surface area contributed by atoms with Crippen molar-refractivity contribution in [3.05, 3.63) is 71.8 Å². The predicted octanol–water partition coefficient (Wildman–Crippen LogP) is 4.24. The van der Waals surface area contributed by atoms with Crippen LogP contribution in [0, 0.1) is 11.3 Å². The Morgan fingerprint density at radius 1 is 0.964 bits per heavy atom. The highest BCUT2D eigenvalue weighted by molar-refractivity contribution is 6.05. The smallest absolute Gasteiger partial charge is 0.244 e. The molecule has 1 amide bonds. The van der Waals surface area contributed by atoms with Gasteiger partial charge in [0.15, 0.2) is 0 Å². The van der Waals surface area contributed by atoms with E-state index in [-0.39, 0.29) is 28.4 Å². The summed E-state index contributed by atoms with van der Waals surface area (Å²) in [6.07, 6.45) is 2.43. The molecular formula is C24H26N2O2. The Balaban J connectivity index is 1.55. The van der Waals surface area contributed by atoms with E-state index < -0.39 is 0 Å². The number of amides is 1. The molecule has 0 aromatic heterocycles. The van der Waals surface area contributed by atoms with Crippen molar-refractivity contribution in [1.82, 2.24) is 5.43 Å². The summed E-state index contributed by atoms with van der Waals surface area (Å²) in [5.41, 5.74) is 5.47. The van der Waals surface area contributed by atoms with E-state index in [2.05, 4.69) is 48.6 Å². The molecule has 4 rings (SSSR count). The second-order valence-corrected chi connectivity index (χ2v) is 8.85. The predicted molar refractivity (Wildman–Crippen MR) is 110 cm³/mol. The van der Waals surface area contributed by atoms with Gasteiger partial charge >= 0.3 is 0 Å². The van der Waals surface area contributed by atoms with Crippen molar-refractivity contribution < 1.29 is 9.59 Å². The molecule has 2 aromatic rings. The van der Waals surface area contributed by atoms with E-state index in [0.717, 1.165) is 29.7 Å². The minimum absolute atomic E-state index is 0.0731. The highest BCUT2D eigenvalue weighted by atomic mass is 16.2. The summed E-state index contributed by atoms with van der Waals surface area (Å²) in [4.78, 5) is 24.9. The number of hydrogen-bond donors (Lipinski definition) is 1. The molecule has 4 heteroatoms. The molecule has 28 heavy (non-hydrogen) atoms. The maximum Gasteiger partial charge on any atom is 0.244 e. The van der Waals surface area contributed by atoms with Crippen LogP contribution < -0.4 is 5.43 Å². The van der Waals surface area contributed by atoms with E-state index >= 15 is 0 Å². The fourth-order valence-corrected chi connectivity index (χ4v) is 4.65. The van der Waals surface area contributed by atoms with Crippen LogP contribution in [0.15, 0.2) is 65.8 Å². The molecule has 144 valence electrons. The normalized spacial score (nSPS) is 24.0. The molecule has 4 nitrogen and oxygen atoms in total. The van der Waals surface area contributed by atoms with Gasteiger partial charge in [-0.2, -0.15) is 5.10 Å². The van der Waals surface area contributed by atoms with Gasteiger partial charge in [-0.1, -0.05) is 74.5 Å². The molecule has 0 aliphatic heterocycles. The Morgan fingerprint density at radius 2 is 1.54 bits per heavy atom. The fraction of sp³-hybridized carbons (Fsp3) is 0.375. The lowest BCUT2D eigenvalue weighted by atomic mass is 9.76. The van der Waals surface area contributed by atoms with Gasteiger partial charge in [0.2, 0.25) is 5.91 Å². The molecule has 2 fully saturated rings. The first-order chi connectivity index (χ1) is 13.4. The second kappa shape index (κ2) is 7.01. The van der Waals surface area contributed by atoms with Crippen LogP contribution in [-0.2, 0) is 15.0 Å². The van der Waals surface area contributed by atoms with Gasteiger partial charge in [0.05, 0.1) is 5.92 Å². The minimum atomic E-state index is -0.297. The molecule has 0 bridgehead atoms. The van der Waals surface area contributed by atoms with Crippen molar-refractivity contribution in [2.45, 2.75) is 44.9 Å². The zero-order chi connectivity index (χ0) is 19.8. The molecule has 2 aromatic carbocycles. The zero-order valence-electron chi connectivity index (χ0n) is 16.4. The van der Waals surface area contributed by atoms with Crippen molar-refractivity contribution in [3.8, 4) is 0 Å². The average molecular weight is 374 g/mol. The van der Waals surface area contributed by atoms with Gasteiger partial charge in [0, 0.05) is 24.0 Å². The quantitative estimate of drug-likeness (QED) is 0.814. The van der Waals surface area contributed by atoms with Crippen molar-refractivity contribution in [3.63, 3.8) is 0 Å². The van der Waals surface area contributed by atoms with E-state index in [0.29, 0.717) is 12.8 Å². The largest absolute Gasteiger partial charge is 0.299 e. The van der Waals surface area contributed by atoms with Crippen LogP contribution in [0.2, 0.25) is 0 Å². The highest BCUT2D eigenvalue weighted by Gasteiger charge is 2.60. The molecular weight excluding hydrogens is 348 g/mol. The van der Waals surface area contributed by atoms with Crippen LogP contribution in [0.5, 0.6) is 0 Å². The molecule has 0 saturated heterocycles. The summed E-state index contributed by atoms with van der Waals surface area (Å²) in [6, 6.07) is 20.4. The van der Waals surface area contributed by atoms with Crippen LogP contribution in [-0.4, -0.2) is 17.4 Å². The molecule has 0 unspecified atom stereocenters. The van der Waals surface area contributed by atoms with Gasteiger partial charge in [-0.3, -0.25) is 9.59 Å². The average Bonchev–Trinajstić information content (AvgIpc) is 3.43. The van der Waals surface area contributed by atoms with Crippen LogP contribution in [0.3, 0.4) is 0 Å². The monoisotopic (exact) mass is 374 g/mol. The third kappa shape index (κ3) is 3.51. The van der Waals surface area contributed by atoms with E-state index in [1.54, 1.807) is 0 Å². The summed E-state index contributed by atoms with van der Waals surface area (Å²) < 4.78 is 0. The first kappa shape index (κ1) is 18.6. The molecule has 0 radical (unpaired) electrons. The summed E-state index contributed by atoms with van der Waals surface area (Å²) >= 11 is 0. The number of nitrogens with one attached hydrogen (secondary N) is 1. The summed E-state index contributed by atoms with van der Waals surface area (Å²) in [5, 5.41) is 4.34. The van der Waals surface area contributed by atoms with Crippen LogP contribution in [0.4, 0.5) is 0 Å². The molecule has 1 atom stereocenters. The van der Waals surface area contributed by atoms with Crippen LogP contribution in [0.1, 0.15) is 50.7 Å². The van der Waals surface area contributed by atoms with Crippen molar-refractivity contribution in [1.29, 1.82) is 0 Å². The molecule has 2 aliphatic carbocycles. The fourth-order valence-electron chi connectivity index (χ4n) is 4.65. The topological polar surface area (TPSA) is 58.5 Å². The number of benzene rings is 2. The molecule has 2 saturated carbocycles. The Kier molecular flexibility index (Phi) is 4.66. The summed E-state index contributed by atoms with van der Waals surface area (Å²) in [7, 11) is 0. The Bertz CT molecular complexity index is 877. The van der Waals surface area contributed by atoms with Gasteiger partial charge < -0.3 is 0 Å². The minimum Gasteiger partial charge on any atom is -0.299 e. The Labute approximate surface area is 166 Å². The van der Waals surface area contributed by atoms with Crippen LogP contribution >= 0.6 is 0 Å². The molecule has 1 N–H and O–H groups in total. The highest BCUT2D eigenvalue weighted by Crippen LogP contribution is 2.58. The first-order valence-corrected chi connectivity index (χ1v) is 9.89. The third-order valence-corrected chi connectivity index (χ3v) is 5.94. The lowest BCUT2D eigenvalue weighted by molar-refractivity contribution is -0.123. The molecule has 0 heterocycles. The third-order valence-electron chi connectivity index (χ3n) is 5.94. The number of carbonyl (C=O) groups is 2. The summed E-state index contributed by atoms with van der Waals surface area (Å²) in [5.74, 6) is -0.0384. The number of carbonyl (C=O) groups excluding carboxylic acids is 2. The van der Waals surface area contributed by atoms with Crippen molar-refractivity contribution in [2.75, 3.05) is 0 Å². The zero-order valence-corrected chi connectivity index (χ0v) is 16.4. The number of rotatable bonds is 4. The summed E-state index contributed by atoms with van der Waals surface area (Å²) in [6.45, 7) is 4.14. The Morgan fingerprint density at radius 3 is 2.07 bits per heavy atom. The van der Waals surface area contributed by atoms with Crippen molar-refractivity contribution >= 4 is 17.4 Å². The van der Waals surface area contributed by atoms with Crippen molar-refractivity contribution in [2.24, 2.45) is 16.4 Å². The number of ketones is 1. The van der Waals surface area contributed by atoms with Gasteiger partial charge in [-0.25, -0.2) is 5.43 Å². The number of hydrogen-bond acceptors (Lipinski definition) is 3. The van der Waals surface area contributed by atoms with E-state index in [9.17, 15) is 9.59 Å². The maximum atomic E-state index is 12.9. The van der Waals surface area contributed by atoms with Gasteiger partial charge in [0.25, 0.3) is 0 Å².